The number of methoxy groups -OCH3 is 1. The van der Waals surface area contributed by atoms with Gasteiger partial charge in [-0.1, -0.05) is 0 Å². The molecule has 0 aromatic heterocycles. The molecule has 178 valence electrons. The van der Waals surface area contributed by atoms with E-state index in [0.29, 0.717) is 24.3 Å². The van der Waals surface area contributed by atoms with Crippen molar-refractivity contribution in [2.45, 2.75) is 58.8 Å². The first-order valence-corrected chi connectivity index (χ1v) is 14.2. The van der Waals surface area contributed by atoms with Gasteiger partial charge in [-0.3, -0.25) is 0 Å². The molecule has 2 aromatic rings. The molecule has 33 heavy (non-hydrogen) atoms. The van der Waals surface area contributed by atoms with Gasteiger partial charge in [0.1, 0.15) is 0 Å². The topological polar surface area (TPSA) is 74.3 Å². The van der Waals surface area contributed by atoms with Crippen molar-refractivity contribution in [3.05, 3.63) is 49.1 Å². The van der Waals surface area contributed by atoms with E-state index in [2.05, 4.69) is 0 Å². The van der Waals surface area contributed by atoms with Crippen LogP contribution in [-0.4, -0.2) is 43.8 Å². The quantitative estimate of drug-likeness (QED) is 0.343. The van der Waals surface area contributed by atoms with E-state index in [-0.39, 0.29) is 30.2 Å². The van der Waals surface area contributed by atoms with E-state index in [4.69, 9.17) is 17.3 Å². The van der Waals surface area contributed by atoms with Crippen LogP contribution in [0.15, 0.2) is 36.4 Å². The molecule has 7 nitrogen and oxygen atoms in total. The van der Waals surface area contributed by atoms with E-state index in [9.17, 15) is 9.59 Å². The third-order valence-corrected chi connectivity index (χ3v) is 10.1. The van der Waals surface area contributed by atoms with Gasteiger partial charge in [-0.25, -0.2) is 0 Å². The van der Waals surface area contributed by atoms with Gasteiger partial charge in [-0.15, -0.1) is 0 Å². The Labute approximate surface area is 202 Å². The number of benzene rings is 2. The summed E-state index contributed by atoms with van der Waals surface area (Å²) < 4.78 is 24.8. The van der Waals surface area contributed by atoms with Gasteiger partial charge < -0.3 is 0 Å². The van der Waals surface area contributed by atoms with Gasteiger partial charge in [0.15, 0.2) is 0 Å². The second-order valence-electron chi connectivity index (χ2n) is 8.55. The zero-order chi connectivity index (χ0) is 23.7. The fraction of sp³-hybridized carbons (Fsp3) is 0.440. The van der Waals surface area contributed by atoms with Crippen LogP contribution in [0, 0.1) is 7.14 Å². The molecule has 0 aliphatic carbocycles. The van der Waals surface area contributed by atoms with Crippen molar-refractivity contribution in [2.75, 3.05) is 18.6 Å². The molecule has 2 aliphatic rings. The third-order valence-electron chi connectivity index (χ3n) is 5.39. The first-order chi connectivity index (χ1) is 15.8. The predicted molar refractivity (Wildman–Crippen MR) is 134 cm³/mol. The van der Waals surface area contributed by atoms with Crippen LogP contribution in [0.4, 0.5) is 5.69 Å². The van der Waals surface area contributed by atoms with Crippen LogP contribution in [0.25, 0.3) is 0 Å². The van der Waals surface area contributed by atoms with Gasteiger partial charge in [-0.05, 0) is 0 Å². The number of carbonyl (C=O) groups is 2. The van der Waals surface area contributed by atoms with E-state index < -0.39 is 20.2 Å². The van der Waals surface area contributed by atoms with E-state index in [1.54, 1.807) is 0 Å². The zero-order valence-electron chi connectivity index (χ0n) is 19.6. The molecule has 2 aliphatic heterocycles. The van der Waals surface area contributed by atoms with Gasteiger partial charge in [-0.2, -0.15) is 0 Å². The molecule has 2 heterocycles. The fourth-order valence-electron chi connectivity index (χ4n) is 4.15. The molecule has 0 saturated carbocycles. The molecule has 1 atom stereocenters. The van der Waals surface area contributed by atoms with Gasteiger partial charge in [0.2, 0.25) is 0 Å². The molecular formula is C25H30INO6. The maximum absolute atomic E-state index is 13.1. The molecule has 0 radical (unpaired) electrons. The number of ether oxygens (including phenoxy) is 3. The van der Waals surface area contributed by atoms with Crippen molar-refractivity contribution >= 4 is 37.9 Å². The van der Waals surface area contributed by atoms with Gasteiger partial charge >= 0.3 is 203 Å². The summed E-state index contributed by atoms with van der Waals surface area (Å²) in [6.45, 7) is 8.58. The number of rotatable bonds is 7. The number of halogens is 1. The molecule has 0 N–H and O–H groups in total. The Kier molecular flexibility index (Phi) is 7.02. The SMILES string of the molecule is COC(=O)[C@@H]1CCCN1c1cccc2c1C(=O)OI2c1ccc(OC(C)C)cc1OC(C)C. The number of nitrogens with zero attached hydrogens (tertiary/aromatic N) is 1. The summed E-state index contributed by atoms with van der Waals surface area (Å²) in [6.07, 6.45) is 1.57. The minimum absolute atomic E-state index is 0.0385. The number of hydrogen-bond donors (Lipinski definition) is 0. The molecule has 8 heteroatoms. The second kappa shape index (κ2) is 9.79. The number of anilines is 1. The van der Waals surface area contributed by atoms with E-state index in [1.807, 2.05) is 69.0 Å². The van der Waals surface area contributed by atoms with Crippen molar-refractivity contribution in [1.29, 1.82) is 0 Å². The normalized spacial score (nSPS) is 18.5. The monoisotopic (exact) mass is 567 g/mol. The fourth-order valence-corrected chi connectivity index (χ4v) is 8.66. The first kappa shape index (κ1) is 23.7. The third kappa shape index (κ3) is 4.76. The number of carbonyl (C=O) groups excluding carboxylic acids is 2. The molecule has 0 amide bonds. The molecular weight excluding hydrogens is 537 g/mol. The Hall–Kier alpha value is -2.49. The van der Waals surface area contributed by atoms with Crippen LogP contribution in [0.1, 0.15) is 50.9 Å². The van der Waals surface area contributed by atoms with Crippen molar-refractivity contribution < 1.29 is 26.9 Å². The summed E-state index contributed by atoms with van der Waals surface area (Å²) in [4.78, 5) is 27.4. The van der Waals surface area contributed by atoms with Crippen LogP contribution < -0.4 is 14.4 Å². The van der Waals surface area contributed by atoms with Gasteiger partial charge in [0.05, 0.1) is 0 Å². The first-order valence-electron chi connectivity index (χ1n) is 11.2. The van der Waals surface area contributed by atoms with Crippen LogP contribution in [0.5, 0.6) is 11.5 Å². The summed E-state index contributed by atoms with van der Waals surface area (Å²) in [5.41, 5.74) is 1.31. The summed E-state index contributed by atoms with van der Waals surface area (Å²) in [5.74, 6) is 0.797. The molecule has 1 saturated heterocycles. The Balaban J connectivity index is 1.75. The molecule has 0 unspecified atom stereocenters. The van der Waals surface area contributed by atoms with Crippen molar-refractivity contribution in [1.82, 2.24) is 0 Å². The second-order valence-corrected chi connectivity index (χ2v) is 12.7. The van der Waals surface area contributed by atoms with E-state index in [1.165, 1.54) is 7.11 Å². The van der Waals surface area contributed by atoms with Crippen molar-refractivity contribution in [3.8, 4) is 11.5 Å². The summed E-state index contributed by atoms with van der Waals surface area (Å²) in [6, 6.07) is 11.2. The van der Waals surface area contributed by atoms with Gasteiger partial charge in [0, 0.05) is 0 Å². The summed E-state index contributed by atoms with van der Waals surface area (Å²) in [7, 11) is 1.40. The Morgan fingerprint density at radius 1 is 1.09 bits per heavy atom. The van der Waals surface area contributed by atoms with Gasteiger partial charge in [0.25, 0.3) is 0 Å². The van der Waals surface area contributed by atoms with Crippen LogP contribution in [-0.2, 0) is 12.6 Å². The molecule has 1 fully saturated rings. The summed E-state index contributed by atoms with van der Waals surface area (Å²) in [5, 5.41) is 0. The number of esters is 1. The van der Waals surface area contributed by atoms with E-state index in [0.717, 1.165) is 25.0 Å². The maximum atomic E-state index is 13.1. The average molecular weight is 567 g/mol. The Morgan fingerprint density at radius 3 is 2.55 bits per heavy atom. The number of hydrogen-bond acceptors (Lipinski definition) is 7. The minimum atomic E-state index is -2.57. The van der Waals surface area contributed by atoms with Crippen LogP contribution in [0.3, 0.4) is 0 Å². The molecule has 2 aromatic carbocycles. The molecule has 0 spiro atoms. The summed E-state index contributed by atoms with van der Waals surface area (Å²) >= 11 is -2.57. The van der Waals surface area contributed by atoms with Crippen molar-refractivity contribution in [2.24, 2.45) is 0 Å². The van der Waals surface area contributed by atoms with Crippen LogP contribution in [0.2, 0.25) is 0 Å². The molecule has 4 rings (SSSR count). The molecule has 0 bridgehead atoms. The Morgan fingerprint density at radius 2 is 1.85 bits per heavy atom. The van der Waals surface area contributed by atoms with Crippen molar-refractivity contribution in [3.63, 3.8) is 0 Å². The van der Waals surface area contributed by atoms with Crippen LogP contribution >= 0.6 is 20.2 Å². The van der Waals surface area contributed by atoms with E-state index >= 15 is 0 Å². The Bertz CT molecular complexity index is 1050. The average Bonchev–Trinajstić information content (AvgIpc) is 3.38. The number of fused-ring (bicyclic) bond motifs is 1. The standard InChI is InChI=1S/C25H30INO6/c1-15(2)31-17-11-12-18(22(14-17)32-16(3)4)26-19-8-6-9-20(23(19)25(29)33-26)27-13-7-10-21(27)24(28)30-5/h6,8-9,11-12,14-16,21H,7,10,13H2,1-5H3/t21-/m0/s1. The predicted octanol–water partition coefficient (Wildman–Crippen LogP) is 5.03. The zero-order valence-corrected chi connectivity index (χ0v) is 21.7.